The lowest BCUT2D eigenvalue weighted by atomic mass is 10.0. The molecule has 0 bridgehead atoms. The highest BCUT2D eigenvalue weighted by Crippen LogP contribution is 2.27. The van der Waals surface area contributed by atoms with E-state index in [1.807, 2.05) is 63.2 Å². The van der Waals surface area contributed by atoms with Crippen LogP contribution < -0.4 is 9.62 Å². The number of anilines is 1. The first kappa shape index (κ1) is 34.0. The SMILES string of the molecule is CCC(C)NC(=O)C(Cc1ccccc1)N(Cc1cccc(Cl)c1)C(=O)CN(c1cccc(C)c1)S(=O)(=O)c1ccc(Cl)cc1. The van der Waals surface area contributed by atoms with Gasteiger partial charge in [-0.2, -0.15) is 0 Å². The van der Waals surface area contributed by atoms with Gasteiger partial charge in [-0.15, -0.1) is 0 Å². The molecule has 236 valence electrons. The van der Waals surface area contributed by atoms with Gasteiger partial charge in [0.25, 0.3) is 10.0 Å². The molecule has 0 radical (unpaired) electrons. The van der Waals surface area contributed by atoms with Crippen molar-refractivity contribution in [3.05, 3.63) is 130 Å². The number of aryl methyl sites for hydroxylation is 1. The highest BCUT2D eigenvalue weighted by atomic mass is 35.5. The zero-order chi connectivity index (χ0) is 32.6. The summed E-state index contributed by atoms with van der Waals surface area (Å²) in [6.45, 7) is 5.20. The van der Waals surface area contributed by atoms with Gasteiger partial charge in [0.1, 0.15) is 12.6 Å². The van der Waals surface area contributed by atoms with Crippen LogP contribution in [0, 0.1) is 6.92 Å². The molecule has 2 unspecified atom stereocenters. The Morgan fingerprint density at radius 1 is 0.822 bits per heavy atom. The van der Waals surface area contributed by atoms with Crippen LogP contribution in [0.1, 0.15) is 37.0 Å². The first-order valence-electron chi connectivity index (χ1n) is 14.7. The lowest BCUT2D eigenvalue weighted by molar-refractivity contribution is -0.140. The van der Waals surface area contributed by atoms with Crippen LogP contribution in [0.2, 0.25) is 10.0 Å². The van der Waals surface area contributed by atoms with Crippen molar-refractivity contribution in [3.8, 4) is 0 Å². The Morgan fingerprint density at radius 3 is 2.13 bits per heavy atom. The monoisotopic (exact) mass is 665 g/mol. The predicted octanol–water partition coefficient (Wildman–Crippen LogP) is 7.05. The van der Waals surface area contributed by atoms with Crippen molar-refractivity contribution in [2.75, 3.05) is 10.8 Å². The Hall–Kier alpha value is -3.85. The summed E-state index contributed by atoms with van der Waals surface area (Å²) in [5.74, 6) is -0.875. The minimum absolute atomic E-state index is 0.0158. The molecule has 0 aliphatic carbocycles. The number of hydrogen-bond acceptors (Lipinski definition) is 4. The van der Waals surface area contributed by atoms with Crippen LogP contribution >= 0.6 is 23.2 Å². The summed E-state index contributed by atoms with van der Waals surface area (Å²) in [7, 11) is -4.22. The first-order chi connectivity index (χ1) is 21.5. The second-order valence-corrected chi connectivity index (χ2v) is 13.7. The molecule has 0 aliphatic rings. The maximum absolute atomic E-state index is 14.5. The van der Waals surface area contributed by atoms with E-state index in [1.54, 1.807) is 36.4 Å². The molecule has 0 aromatic heterocycles. The molecule has 1 N–H and O–H groups in total. The molecule has 4 aromatic rings. The molecule has 0 fully saturated rings. The fourth-order valence-corrected chi connectivity index (χ4v) is 6.62. The van der Waals surface area contributed by atoms with Gasteiger partial charge in [0.05, 0.1) is 10.6 Å². The van der Waals surface area contributed by atoms with Crippen LogP contribution in [-0.4, -0.2) is 43.8 Å². The van der Waals surface area contributed by atoms with E-state index in [9.17, 15) is 18.0 Å². The number of rotatable bonds is 13. The van der Waals surface area contributed by atoms with Crippen molar-refractivity contribution in [2.45, 2.75) is 57.1 Å². The molecule has 0 saturated heterocycles. The number of carbonyl (C=O) groups excluding carboxylic acids is 2. The standard InChI is InChI=1S/C35H37Cl2N3O4S/c1-4-26(3)38-35(42)33(22-27-11-6-5-7-12-27)39(23-28-13-9-14-30(37)21-28)34(41)24-40(31-15-8-10-25(2)20-31)45(43,44)32-18-16-29(36)17-19-32/h5-21,26,33H,4,22-24H2,1-3H3,(H,38,42). The van der Waals surface area contributed by atoms with E-state index < -0.39 is 28.5 Å². The van der Waals surface area contributed by atoms with Gasteiger partial charge in [-0.05, 0) is 85.5 Å². The third kappa shape index (κ3) is 9.10. The summed E-state index contributed by atoms with van der Waals surface area (Å²) < 4.78 is 29.3. The lowest BCUT2D eigenvalue weighted by Gasteiger charge is -2.34. The summed E-state index contributed by atoms with van der Waals surface area (Å²) >= 11 is 12.4. The molecule has 2 amide bonds. The van der Waals surface area contributed by atoms with Gasteiger partial charge in [0.15, 0.2) is 0 Å². The summed E-state index contributed by atoms with van der Waals surface area (Å²) in [6.07, 6.45) is 0.927. The minimum atomic E-state index is -4.22. The van der Waals surface area contributed by atoms with Crippen LogP contribution in [0.3, 0.4) is 0 Å². The molecule has 10 heteroatoms. The van der Waals surface area contributed by atoms with Gasteiger partial charge in [0, 0.05) is 29.1 Å². The van der Waals surface area contributed by atoms with Crippen molar-refractivity contribution in [3.63, 3.8) is 0 Å². The molecule has 2 atom stereocenters. The molecule has 4 rings (SSSR count). The van der Waals surface area contributed by atoms with Gasteiger partial charge in [-0.1, -0.05) is 84.7 Å². The topological polar surface area (TPSA) is 86.8 Å². The molecular weight excluding hydrogens is 629 g/mol. The van der Waals surface area contributed by atoms with Gasteiger partial charge in [-0.25, -0.2) is 8.42 Å². The molecule has 0 aliphatic heterocycles. The van der Waals surface area contributed by atoms with Gasteiger partial charge >= 0.3 is 0 Å². The predicted molar refractivity (Wildman–Crippen MR) is 181 cm³/mol. The maximum atomic E-state index is 14.5. The highest BCUT2D eigenvalue weighted by molar-refractivity contribution is 7.92. The number of nitrogens with zero attached hydrogens (tertiary/aromatic N) is 2. The molecule has 4 aromatic carbocycles. The van der Waals surface area contributed by atoms with E-state index in [0.29, 0.717) is 27.7 Å². The average molecular weight is 667 g/mol. The van der Waals surface area contributed by atoms with E-state index >= 15 is 0 Å². The van der Waals surface area contributed by atoms with E-state index in [4.69, 9.17) is 23.2 Å². The van der Waals surface area contributed by atoms with Crippen LogP contribution in [0.5, 0.6) is 0 Å². The number of nitrogens with one attached hydrogen (secondary N) is 1. The van der Waals surface area contributed by atoms with E-state index in [2.05, 4.69) is 5.32 Å². The van der Waals surface area contributed by atoms with Crippen molar-refractivity contribution in [1.82, 2.24) is 10.2 Å². The van der Waals surface area contributed by atoms with E-state index in [-0.39, 0.29) is 29.8 Å². The van der Waals surface area contributed by atoms with E-state index in [0.717, 1.165) is 15.4 Å². The Bertz CT molecular complexity index is 1720. The lowest BCUT2D eigenvalue weighted by Crippen LogP contribution is -2.54. The summed E-state index contributed by atoms with van der Waals surface area (Å²) in [5.41, 5.74) is 2.70. The normalized spacial score (nSPS) is 12.6. The highest BCUT2D eigenvalue weighted by Gasteiger charge is 2.35. The summed E-state index contributed by atoms with van der Waals surface area (Å²) in [6, 6.07) is 28.2. The van der Waals surface area contributed by atoms with Crippen LogP contribution in [-0.2, 0) is 32.6 Å². The number of hydrogen-bond donors (Lipinski definition) is 1. The van der Waals surface area contributed by atoms with Gasteiger partial charge in [-0.3, -0.25) is 13.9 Å². The Kier molecular flexibility index (Phi) is 11.7. The van der Waals surface area contributed by atoms with Crippen molar-refractivity contribution in [2.24, 2.45) is 0 Å². The zero-order valence-corrected chi connectivity index (χ0v) is 27.8. The number of carbonyl (C=O) groups is 2. The molecule has 0 spiro atoms. The molecule has 7 nitrogen and oxygen atoms in total. The number of sulfonamides is 1. The molecule has 0 saturated carbocycles. The summed E-state index contributed by atoms with van der Waals surface area (Å²) in [4.78, 5) is 29.8. The van der Waals surface area contributed by atoms with Crippen LogP contribution in [0.25, 0.3) is 0 Å². The Balaban J connectivity index is 1.81. The summed E-state index contributed by atoms with van der Waals surface area (Å²) in [5, 5.41) is 3.90. The fraction of sp³-hybridized carbons (Fsp3) is 0.257. The van der Waals surface area contributed by atoms with Crippen LogP contribution in [0.15, 0.2) is 108 Å². The average Bonchev–Trinajstić information content (AvgIpc) is 3.02. The number of amides is 2. The number of halogens is 2. The maximum Gasteiger partial charge on any atom is 0.264 e. The van der Waals surface area contributed by atoms with Gasteiger partial charge in [0.2, 0.25) is 11.8 Å². The van der Waals surface area contributed by atoms with E-state index in [1.165, 1.54) is 29.2 Å². The van der Waals surface area contributed by atoms with Crippen molar-refractivity contribution < 1.29 is 18.0 Å². The van der Waals surface area contributed by atoms with Crippen LogP contribution in [0.4, 0.5) is 5.69 Å². The molecular formula is C35H37Cl2N3O4S. The second kappa shape index (κ2) is 15.4. The second-order valence-electron chi connectivity index (χ2n) is 11.0. The zero-order valence-electron chi connectivity index (χ0n) is 25.5. The third-order valence-corrected chi connectivity index (χ3v) is 9.76. The molecule has 45 heavy (non-hydrogen) atoms. The van der Waals surface area contributed by atoms with Crippen molar-refractivity contribution in [1.29, 1.82) is 0 Å². The van der Waals surface area contributed by atoms with Crippen molar-refractivity contribution >= 4 is 50.7 Å². The quantitative estimate of drug-likeness (QED) is 0.166. The third-order valence-electron chi connectivity index (χ3n) is 7.48. The molecule has 0 heterocycles. The largest absolute Gasteiger partial charge is 0.352 e. The Labute approximate surface area is 275 Å². The number of benzene rings is 4. The smallest absolute Gasteiger partial charge is 0.264 e. The first-order valence-corrected chi connectivity index (χ1v) is 16.9. The fourth-order valence-electron chi connectivity index (χ4n) is 4.87. The Morgan fingerprint density at radius 2 is 1.49 bits per heavy atom. The van der Waals surface area contributed by atoms with Gasteiger partial charge < -0.3 is 10.2 Å². The minimum Gasteiger partial charge on any atom is -0.352 e.